The molecule has 12 aliphatic rings. The van der Waals surface area contributed by atoms with Crippen molar-refractivity contribution in [1.82, 2.24) is 0 Å². The minimum Gasteiger partial charge on any atom is -0.508 e. The number of aryl methyl sites for hydroxylation is 7. The van der Waals surface area contributed by atoms with Crippen molar-refractivity contribution >= 4 is 66.7 Å². The number of hydrogen-bond acceptors (Lipinski definition) is 19. The van der Waals surface area contributed by atoms with E-state index in [4.69, 9.17) is 60.5 Å². The summed E-state index contributed by atoms with van der Waals surface area (Å²) in [6.07, 6.45) is 26.8. The van der Waals surface area contributed by atoms with Crippen LogP contribution in [0.25, 0.3) is 0 Å². The molecule has 12 unspecified atom stereocenters. The number of aromatic carboxylic acids is 1. The van der Waals surface area contributed by atoms with Crippen LogP contribution < -0.4 is 10.3 Å². The van der Waals surface area contributed by atoms with Gasteiger partial charge in [0.05, 0.1) is 40.2 Å². The number of carbonyl (C=O) groups is 6. The second-order valence-electron chi connectivity index (χ2n) is 41.6. The number of fused-ring (bicyclic) bond motifs is 20. The van der Waals surface area contributed by atoms with Crippen LogP contribution in [0, 0.1) is 89.8 Å². The number of carboxylic acid groups (broad SMARTS) is 1. The van der Waals surface area contributed by atoms with Crippen LogP contribution >= 0.6 is 11.6 Å². The number of halogens is 1. The van der Waals surface area contributed by atoms with Crippen LogP contribution in [0.5, 0.6) is 5.75 Å². The predicted octanol–water partition coefficient (Wildman–Crippen LogP) is 19.6. The number of phenols is 1. The molecule has 20 atom stereocenters. The minimum atomic E-state index is -3.86. The lowest BCUT2D eigenvalue weighted by atomic mass is 9.55. The van der Waals surface area contributed by atoms with Crippen LogP contribution in [-0.2, 0) is 107 Å². The van der Waals surface area contributed by atoms with Gasteiger partial charge in [-0.2, -0.15) is 0 Å². The summed E-state index contributed by atoms with van der Waals surface area (Å²) < 4.78 is 77.4. The maximum absolute atomic E-state index is 12.6. The Balaban J connectivity index is 0.000000129. The first-order valence-corrected chi connectivity index (χ1v) is 52.4. The highest BCUT2D eigenvalue weighted by atomic mass is 35.5. The molecule has 728 valence electrons. The normalized spacial score (nSPS) is 29.6. The molecule has 0 saturated heterocycles. The van der Waals surface area contributed by atoms with Crippen LogP contribution in [0.3, 0.4) is 0 Å². The third-order valence-electron chi connectivity index (χ3n) is 33.8. The number of aromatic hydroxyl groups is 1. The molecule has 0 radical (unpaired) electrons. The van der Waals surface area contributed by atoms with Crippen LogP contribution in [0.2, 0.25) is 0 Å². The first-order chi connectivity index (χ1) is 64.9. The fourth-order valence-corrected chi connectivity index (χ4v) is 28.2. The highest BCUT2D eigenvalue weighted by molar-refractivity contribution is 7.89. The SMILES string of the molecule is C[C@]12CCC3c4ccc(O)cc4CCC3C1CC[C@@H]2OC(=O)COC(=O)c1ccc(S(N)(=O)=O)cc1.Cc1ccc2c(c1)CCC1C2CC[C@@]2(C)C1CC[C@@H]2O.Cc1ccc2c(c1)CCC1C2CC[C@@]2(C)C1CC[C@@H]2OC(=O)CO.Cc1ccc2c(c1)CCC1C2CC[C@@]2(C)C1CC[C@@H]2OC(=O)COCc1ccccc1.NS(=O)(=O)c1ccc(C(=O)O)cc1.O=C(Cl)COCc1ccccc1. The van der Waals surface area contributed by atoms with E-state index >= 15 is 0 Å². The predicted molar refractivity (Wildman–Crippen MR) is 519 cm³/mol. The van der Waals surface area contributed by atoms with Crippen LogP contribution in [0.4, 0.5) is 0 Å². The number of nitrogens with two attached hydrogens (primary N) is 2. The van der Waals surface area contributed by atoms with Crippen molar-refractivity contribution in [2.24, 2.45) is 79.3 Å². The summed E-state index contributed by atoms with van der Waals surface area (Å²) in [7, 11) is -7.60. The number of rotatable bonds is 18. The topological polar surface area (TPSA) is 359 Å². The number of sulfonamides is 2. The fraction of sp³-hybridized carbons (Fsp3) is 0.514. The molecule has 0 amide bonds. The second kappa shape index (κ2) is 43.1. The fourth-order valence-electron chi connectivity index (χ4n) is 27.1. The van der Waals surface area contributed by atoms with Gasteiger partial charge in [-0.3, -0.25) is 4.79 Å². The van der Waals surface area contributed by atoms with Crippen molar-refractivity contribution in [2.45, 2.75) is 274 Å². The summed E-state index contributed by atoms with van der Waals surface area (Å²) in [6, 6.07) is 56.2. The van der Waals surface area contributed by atoms with Gasteiger partial charge in [-0.15, -0.1) is 0 Å². The maximum Gasteiger partial charge on any atom is 0.344 e. The quantitative estimate of drug-likeness (QED) is 0.0264. The molecule has 0 heterocycles. The van der Waals surface area contributed by atoms with E-state index in [9.17, 15) is 55.8 Å². The van der Waals surface area contributed by atoms with E-state index < -0.39 is 62.4 Å². The average molecular weight is 1920 g/mol. The average Bonchev–Trinajstić information content (AvgIpc) is 1.51. The number of esters is 4. The van der Waals surface area contributed by atoms with Crippen LogP contribution in [0.1, 0.15) is 273 Å². The summed E-state index contributed by atoms with van der Waals surface area (Å²) in [5.41, 5.74) is 18.8. The number of carbonyl (C=O) groups excluding carboxylic acids is 5. The number of carboxylic acids is 1. The molecule has 8 aromatic carbocycles. The minimum absolute atomic E-state index is 0.0116. The summed E-state index contributed by atoms with van der Waals surface area (Å²) >= 11 is 5.08. The smallest absolute Gasteiger partial charge is 0.344 e. The molecule has 20 rings (SSSR count). The molecular weight excluding hydrogens is 1780 g/mol. The van der Waals surface area contributed by atoms with Crippen LogP contribution in [0.15, 0.2) is 192 Å². The molecule has 12 aliphatic carbocycles. The van der Waals surface area contributed by atoms with E-state index in [2.05, 4.69) is 109 Å². The molecule has 0 aliphatic heterocycles. The van der Waals surface area contributed by atoms with E-state index in [1.54, 1.807) is 39.4 Å². The number of primary sulfonamides is 2. The Morgan fingerprint density at radius 2 is 0.735 bits per heavy atom. The van der Waals surface area contributed by atoms with Crippen molar-refractivity contribution in [3.8, 4) is 5.75 Å². The number of aliphatic hydroxyl groups is 2. The van der Waals surface area contributed by atoms with Gasteiger partial charge in [-0.05, 0) is 379 Å². The number of phenolic OH excluding ortho intramolecular Hbond substituents is 1. The first-order valence-electron chi connectivity index (χ1n) is 49.0. The molecule has 0 bridgehead atoms. The third-order valence-corrected chi connectivity index (χ3v) is 35.8. The van der Waals surface area contributed by atoms with E-state index in [-0.39, 0.29) is 86.2 Å². The number of benzene rings is 8. The summed E-state index contributed by atoms with van der Waals surface area (Å²) in [4.78, 5) is 69.5. The van der Waals surface area contributed by atoms with Gasteiger partial charge in [0.1, 0.15) is 43.9 Å². The van der Waals surface area contributed by atoms with Crippen molar-refractivity contribution < 1.29 is 94.5 Å². The molecule has 136 heavy (non-hydrogen) atoms. The Kier molecular flexibility index (Phi) is 32.0. The third kappa shape index (κ3) is 22.7. The van der Waals surface area contributed by atoms with Crippen molar-refractivity contribution in [2.75, 3.05) is 26.4 Å². The van der Waals surface area contributed by atoms with Gasteiger partial charge in [0.2, 0.25) is 25.3 Å². The molecule has 22 nitrogen and oxygen atoms in total. The van der Waals surface area contributed by atoms with Crippen molar-refractivity contribution in [3.63, 3.8) is 0 Å². The molecule has 8 fully saturated rings. The Hall–Kier alpha value is -9.47. The standard InChI is InChI=1S/C28H34O3.C27H31NO7S.C21H28O3.C19H26O.C9H9ClO2.C7H7NO4S/c1-19-8-10-22-21(16-19)9-11-24-23(22)14-15-28(2)25(24)12-13-26(28)31-27(29)18-30-17-20-6-4-3-5-7-20;1-27-13-12-21-20-9-5-18(29)14-17(20)4-8-22(21)23(27)10-11-24(27)35-25(30)15-34-26(31)16-2-6-19(7-3-16)36(28,32)33;1-13-3-5-15-14(11-13)4-6-17-16(15)9-10-21(2)18(17)7-8-19(21)24-20(23)12-22;1-12-3-5-14-13(11-12)4-6-16-15(14)9-10-19(2)17(16)7-8-18(19)20;10-9(11)7-12-6-8-4-2-1-3-5-8;8-13(11,12)6-3-1-5(2-4-6)7(9)10/h3-8,10,16,23-26H,9,11-15,17-18H2,1-2H3;2-3,5-7,9,14,21-24,29H,4,8,10-13,15H2,1H3,(H2,28,32,33);3,5,11,16-19,22H,4,6-10,12H2,1-2H3;3,5,11,15-18,20H,4,6-10H2,1-2H3;1-5H,6-7H2;1-4H,(H,9,10)(H2,8,11,12)/t23?,24?,25?,26-,28-;21?,22?,23?,24-,27-;16?,17?,18?,19-,21-;15?,16?,17?,18-,19-;;/m0000../s1. The Morgan fingerprint density at radius 3 is 1.11 bits per heavy atom. The van der Waals surface area contributed by atoms with E-state index in [0.717, 1.165) is 130 Å². The zero-order chi connectivity index (χ0) is 96.8. The Bertz CT molecular complexity index is 5840. The number of aliphatic hydroxyl groups excluding tert-OH is 2. The monoisotopic (exact) mass is 1910 g/mol. The zero-order valence-electron chi connectivity index (χ0n) is 79.4. The molecule has 8 saturated carbocycles. The van der Waals surface area contributed by atoms with Gasteiger partial charge in [-0.25, -0.2) is 51.1 Å². The largest absolute Gasteiger partial charge is 0.508 e. The lowest BCUT2D eigenvalue weighted by Gasteiger charge is -2.50. The van der Waals surface area contributed by atoms with Crippen molar-refractivity contribution in [1.29, 1.82) is 0 Å². The number of ether oxygens (including phenoxy) is 6. The Morgan fingerprint density at radius 1 is 0.397 bits per heavy atom. The van der Waals surface area contributed by atoms with Gasteiger partial charge >= 0.3 is 29.8 Å². The molecule has 25 heteroatoms. The lowest BCUT2D eigenvalue weighted by Crippen LogP contribution is -2.45. The van der Waals surface area contributed by atoms with Gasteiger partial charge in [0.25, 0.3) is 0 Å². The van der Waals surface area contributed by atoms with Gasteiger partial charge in [0.15, 0.2) is 6.61 Å². The van der Waals surface area contributed by atoms with E-state index in [1.807, 2.05) is 66.7 Å². The van der Waals surface area contributed by atoms with Gasteiger partial charge in [0, 0.05) is 16.2 Å². The zero-order valence-corrected chi connectivity index (χ0v) is 81.8. The van der Waals surface area contributed by atoms with Crippen molar-refractivity contribution in [3.05, 3.63) is 265 Å². The van der Waals surface area contributed by atoms with Crippen LogP contribution in [-0.4, -0.2) is 123 Å². The highest BCUT2D eigenvalue weighted by Gasteiger charge is 2.60. The van der Waals surface area contributed by atoms with E-state index in [1.165, 1.54) is 141 Å². The van der Waals surface area contributed by atoms with Gasteiger partial charge in [-0.1, -0.05) is 166 Å². The second-order valence-corrected chi connectivity index (χ2v) is 45.1. The molecule has 0 spiro atoms. The first kappa shape index (κ1) is 101. The van der Waals surface area contributed by atoms with E-state index in [0.29, 0.717) is 60.4 Å². The molecular formula is C111H135ClN2O20S2. The molecule has 8 aromatic rings. The maximum atomic E-state index is 12.6. The summed E-state index contributed by atoms with van der Waals surface area (Å²) in [6.45, 7) is 15.7. The molecule has 0 aromatic heterocycles. The van der Waals surface area contributed by atoms with Gasteiger partial charge < -0.3 is 48.8 Å². The summed E-state index contributed by atoms with van der Waals surface area (Å²) in [5.74, 6) is 5.13. The molecule has 8 N–H and O–H groups in total. The number of hydrogen-bond donors (Lipinski definition) is 6. The Labute approximate surface area is 806 Å². The summed E-state index contributed by atoms with van der Waals surface area (Å²) in [5, 5.41) is 47.2. The highest BCUT2D eigenvalue weighted by Crippen LogP contribution is 2.66. The lowest BCUT2D eigenvalue weighted by molar-refractivity contribution is -0.163.